The van der Waals surface area contributed by atoms with Crippen LogP contribution in [0.5, 0.6) is 0 Å². The quantitative estimate of drug-likeness (QED) is 0.647. The molecule has 12 heavy (non-hydrogen) atoms. The van der Waals surface area contributed by atoms with E-state index in [1.165, 1.54) is 16.7 Å². The van der Waals surface area contributed by atoms with Gasteiger partial charge < -0.3 is 4.90 Å². The maximum absolute atomic E-state index is 2.23. The van der Waals surface area contributed by atoms with E-state index in [0.717, 1.165) is 6.54 Å². The zero-order chi connectivity index (χ0) is 9.14. The van der Waals surface area contributed by atoms with Gasteiger partial charge in [-0.1, -0.05) is 23.8 Å². The van der Waals surface area contributed by atoms with E-state index in [9.17, 15) is 0 Å². The van der Waals surface area contributed by atoms with Crippen molar-refractivity contribution in [1.82, 2.24) is 4.90 Å². The van der Waals surface area contributed by atoms with E-state index in [0.29, 0.717) is 0 Å². The van der Waals surface area contributed by atoms with E-state index in [4.69, 9.17) is 0 Å². The van der Waals surface area contributed by atoms with Crippen molar-refractivity contribution in [1.29, 1.82) is 0 Å². The number of hydrogen-bond acceptors (Lipinski definition) is 1. The summed E-state index contributed by atoms with van der Waals surface area (Å²) in [7, 11) is 4.19. The summed E-state index contributed by atoms with van der Waals surface area (Å²) in [6, 6.07) is 6.62. The summed E-state index contributed by atoms with van der Waals surface area (Å²) in [5.74, 6) is 0. The number of nitrogens with zero attached hydrogens (tertiary/aromatic N) is 1. The standard InChI is InChI=1S/C11H17N/c1-9-5-6-11(8-12(3)4)10(2)7-9/h5-7H,8H2,1-4H3. The Bertz CT molecular complexity index is 264. The van der Waals surface area contributed by atoms with Crippen LogP contribution in [0, 0.1) is 13.8 Å². The Balaban J connectivity index is 2.86. The Hall–Kier alpha value is -0.820. The summed E-state index contributed by atoms with van der Waals surface area (Å²) in [6.45, 7) is 5.34. The molecule has 0 heterocycles. The van der Waals surface area contributed by atoms with Gasteiger partial charge in [0.05, 0.1) is 0 Å². The first kappa shape index (κ1) is 9.27. The van der Waals surface area contributed by atoms with Crippen LogP contribution in [0.2, 0.25) is 0 Å². The lowest BCUT2D eigenvalue weighted by atomic mass is 10.1. The van der Waals surface area contributed by atoms with Gasteiger partial charge in [-0.3, -0.25) is 0 Å². The molecule has 0 unspecified atom stereocenters. The summed E-state index contributed by atoms with van der Waals surface area (Å²) in [6.07, 6.45) is 0. The summed E-state index contributed by atoms with van der Waals surface area (Å²) in [4.78, 5) is 2.19. The van der Waals surface area contributed by atoms with Gasteiger partial charge in [-0.15, -0.1) is 0 Å². The highest BCUT2D eigenvalue weighted by Crippen LogP contribution is 2.11. The molecular weight excluding hydrogens is 146 g/mol. The Morgan fingerprint density at radius 1 is 1.17 bits per heavy atom. The van der Waals surface area contributed by atoms with Gasteiger partial charge in [0.25, 0.3) is 0 Å². The molecule has 1 rings (SSSR count). The molecule has 0 atom stereocenters. The average Bonchev–Trinajstić information content (AvgIpc) is 1.94. The SMILES string of the molecule is Cc1ccc(CN(C)C)c(C)c1. The Morgan fingerprint density at radius 3 is 2.33 bits per heavy atom. The van der Waals surface area contributed by atoms with Crippen LogP contribution in [-0.4, -0.2) is 19.0 Å². The molecule has 1 aromatic carbocycles. The van der Waals surface area contributed by atoms with Crippen molar-refractivity contribution in [3.8, 4) is 0 Å². The third kappa shape index (κ3) is 2.35. The average molecular weight is 163 g/mol. The first-order chi connectivity index (χ1) is 5.59. The van der Waals surface area contributed by atoms with Crippen LogP contribution in [0.25, 0.3) is 0 Å². The summed E-state index contributed by atoms with van der Waals surface area (Å²) in [5.41, 5.74) is 4.16. The molecule has 0 saturated carbocycles. The fourth-order valence-corrected chi connectivity index (χ4v) is 1.36. The van der Waals surface area contributed by atoms with Gasteiger partial charge in [0.1, 0.15) is 0 Å². The van der Waals surface area contributed by atoms with E-state index in [1.54, 1.807) is 0 Å². The van der Waals surface area contributed by atoms with Crippen LogP contribution in [0.3, 0.4) is 0 Å². The fourth-order valence-electron chi connectivity index (χ4n) is 1.36. The second kappa shape index (κ2) is 3.72. The zero-order valence-electron chi connectivity index (χ0n) is 8.39. The van der Waals surface area contributed by atoms with Crippen molar-refractivity contribution in [3.05, 3.63) is 34.9 Å². The fraction of sp³-hybridized carbons (Fsp3) is 0.455. The topological polar surface area (TPSA) is 3.24 Å². The smallest absolute Gasteiger partial charge is 0.0230 e. The van der Waals surface area contributed by atoms with Gasteiger partial charge in [0.2, 0.25) is 0 Å². The second-order valence-electron chi connectivity index (χ2n) is 3.67. The summed E-state index contributed by atoms with van der Waals surface area (Å²) < 4.78 is 0. The molecule has 0 aliphatic heterocycles. The van der Waals surface area contributed by atoms with Crippen LogP contribution < -0.4 is 0 Å². The van der Waals surface area contributed by atoms with E-state index in [2.05, 4.69) is 51.0 Å². The van der Waals surface area contributed by atoms with Crippen LogP contribution in [0.15, 0.2) is 18.2 Å². The van der Waals surface area contributed by atoms with Gasteiger partial charge in [-0.05, 0) is 39.1 Å². The third-order valence-corrected chi connectivity index (χ3v) is 1.98. The molecule has 0 saturated heterocycles. The molecule has 0 radical (unpaired) electrons. The van der Waals surface area contributed by atoms with Gasteiger partial charge in [0.15, 0.2) is 0 Å². The highest BCUT2D eigenvalue weighted by Gasteiger charge is 1.98. The lowest BCUT2D eigenvalue weighted by molar-refractivity contribution is 0.401. The van der Waals surface area contributed by atoms with E-state index < -0.39 is 0 Å². The number of hydrogen-bond donors (Lipinski definition) is 0. The van der Waals surface area contributed by atoms with Gasteiger partial charge in [0, 0.05) is 6.54 Å². The van der Waals surface area contributed by atoms with Crippen molar-refractivity contribution < 1.29 is 0 Å². The molecule has 0 aliphatic rings. The molecule has 0 bridgehead atoms. The summed E-state index contributed by atoms with van der Waals surface area (Å²) in [5, 5.41) is 0. The van der Waals surface area contributed by atoms with Crippen LogP contribution in [-0.2, 0) is 6.54 Å². The van der Waals surface area contributed by atoms with Gasteiger partial charge in [-0.2, -0.15) is 0 Å². The zero-order valence-corrected chi connectivity index (χ0v) is 8.39. The number of aryl methyl sites for hydroxylation is 2. The Labute approximate surface area is 75.0 Å². The second-order valence-corrected chi connectivity index (χ2v) is 3.67. The van der Waals surface area contributed by atoms with E-state index >= 15 is 0 Å². The molecule has 1 heteroatoms. The monoisotopic (exact) mass is 163 g/mol. The Morgan fingerprint density at radius 2 is 1.83 bits per heavy atom. The van der Waals surface area contributed by atoms with E-state index in [1.807, 2.05) is 0 Å². The lowest BCUT2D eigenvalue weighted by Crippen LogP contribution is -2.11. The first-order valence-corrected chi connectivity index (χ1v) is 4.30. The molecule has 1 nitrogen and oxygen atoms in total. The van der Waals surface area contributed by atoms with Crippen molar-refractivity contribution in [2.24, 2.45) is 0 Å². The summed E-state index contributed by atoms with van der Waals surface area (Å²) >= 11 is 0. The molecular formula is C11H17N. The minimum absolute atomic E-state index is 1.03. The molecule has 0 N–H and O–H groups in total. The van der Waals surface area contributed by atoms with Crippen molar-refractivity contribution >= 4 is 0 Å². The van der Waals surface area contributed by atoms with Gasteiger partial charge >= 0.3 is 0 Å². The lowest BCUT2D eigenvalue weighted by Gasteiger charge is -2.12. The minimum Gasteiger partial charge on any atom is -0.305 e. The molecule has 0 fully saturated rings. The molecule has 0 aromatic heterocycles. The molecule has 0 amide bonds. The highest BCUT2D eigenvalue weighted by molar-refractivity contribution is 5.30. The predicted octanol–water partition coefficient (Wildman–Crippen LogP) is 2.37. The highest BCUT2D eigenvalue weighted by atomic mass is 15.0. The van der Waals surface area contributed by atoms with Crippen LogP contribution in [0.1, 0.15) is 16.7 Å². The molecule has 66 valence electrons. The van der Waals surface area contributed by atoms with Crippen LogP contribution >= 0.6 is 0 Å². The number of rotatable bonds is 2. The maximum Gasteiger partial charge on any atom is 0.0230 e. The van der Waals surface area contributed by atoms with E-state index in [-0.39, 0.29) is 0 Å². The third-order valence-electron chi connectivity index (χ3n) is 1.98. The molecule has 0 spiro atoms. The maximum atomic E-state index is 2.23. The molecule has 0 aliphatic carbocycles. The van der Waals surface area contributed by atoms with Gasteiger partial charge in [-0.25, -0.2) is 0 Å². The van der Waals surface area contributed by atoms with Crippen molar-refractivity contribution in [2.75, 3.05) is 14.1 Å². The Kier molecular flexibility index (Phi) is 2.88. The normalized spacial score (nSPS) is 10.8. The van der Waals surface area contributed by atoms with Crippen molar-refractivity contribution in [3.63, 3.8) is 0 Å². The minimum atomic E-state index is 1.03. The first-order valence-electron chi connectivity index (χ1n) is 4.30. The number of benzene rings is 1. The van der Waals surface area contributed by atoms with Crippen molar-refractivity contribution in [2.45, 2.75) is 20.4 Å². The van der Waals surface area contributed by atoms with Crippen LogP contribution in [0.4, 0.5) is 0 Å². The molecule has 1 aromatic rings. The predicted molar refractivity (Wildman–Crippen MR) is 53.3 cm³/mol. The largest absolute Gasteiger partial charge is 0.305 e.